The molecule has 0 aliphatic carbocycles. The van der Waals surface area contributed by atoms with Gasteiger partial charge in [-0.1, -0.05) is 30.3 Å². The summed E-state index contributed by atoms with van der Waals surface area (Å²) in [6.45, 7) is 3.62. The van der Waals surface area contributed by atoms with Crippen LogP contribution in [-0.4, -0.2) is 35.5 Å². The number of nitrogens with zero attached hydrogens (tertiary/aromatic N) is 1. The molecule has 5 heteroatoms. The third kappa shape index (κ3) is 4.13. The van der Waals surface area contributed by atoms with Gasteiger partial charge in [0.25, 0.3) is 5.91 Å². The summed E-state index contributed by atoms with van der Waals surface area (Å²) >= 11 is 0. The van der Waals surface area contributed by atoms with E-state index in [2.05, 4.69) is 0 Å². The van der Waals surface area contributed by atoms with Crippen LogP contribution in [0.25, 0.3) is 0 Å². The van der Waals surface area contributed by atoms with Crippen molar-refractivity contribution in [1.29, 1.82) is 0 Å². The molecule has 126 valence electrons. The van der Waals surface area contributed by atoms with E-state index in [9.17, 15) is 9.59 Å². The van der Waals surface area contributed by atoms with Crippen LogP contribution < -0.4 is 4.74 Å². The van der Waals surface area contributed by atoms with E-state index in [0.29, 0.717) is 5.56 Å². The van der Waals surface area contributed by atoms with Crippen molar-refractivity contribution in [2.45, 2.75) is 20.4 Å². The third-order valence-corrected chi connectivity index (χ3v) is 3.74. The van der Waals surface area contributed by atoms with E-state index < -0.39 is 5.97 Å². The highest BCUT2D eigenvalue weighted by Crippen LogP contribution is 2.25. The SMILES string of the molecule is COc1c(C)cc(C(=O)N(CC(=O)O)Cc2ccccc2)cc1C. The maximum absolute atomic E-state index is 12.8. The molecule has 1 N–H and O–H groups in total. The fourth-order valence-electron chi connectivity index (χ4n) is 2.74. The Labute approximate surface area is 141 Å². The smallest absolute Gasteiger partial charge is 0.323 e. The Balaban J connectivity index is 2.32. The van der Waals surface area contributed by atoms with Crippen LogP contribution in [0.5, 0.6) is 5.75 Å². The maximum atomic E-state index is 12.8. The van der Waals surface area contributed by atoms with E-state index in [0.717, 1.165) is 22.4 Å². The molecule has 1 amide bonds. The number of carboxylic acids is 1. The maximum Gasteiger partial charge on any atom is 0.323 e. The Hall–Kier alpha value is -2.82. The number of hydrogen-bond acceptors (Lipinski definition) is 3. The summed E-state index contributed by atoms with van der Waals surface area (Å²) in [5.41, 5.74) is 3.03. The number of carbonyl (C=O) groups is 2. The van der Waals surface area contributed by atoms with Gasteiger partial charge in [-0.3, -0.25) is 9.59 Å². The fraction of sp³-hybridized carbons (Fsp3) is 0.263. The predicted octanol–water partition coefficient (Wildman–Crippen LogP) is 3.04. The highest BCUT2D eigenvalue weighted by atomic mass is 16.5. The summed E-state index contributed by atoms with van der Waals surface area (Å²) in [5.74, 6) is -0.615. The van der Waals surface area contributed by atoms with Crippen LogP contribution in [0.1, 0.15) is 27.0 Å². The monoisotopic (exact) mass is 327 g/mol. The first-order valence-corrected chi connectivity index (χ1v) is 7.62. The molecule has 0 radical (unpaired) electrons. The topological polar surface area (TPSA) is 66.8 Å². The van der Waals surface area contributed by atoms with Crippen LogP contribution in [0, 0.1) is 13.8 Å². The molecule has 0 heterocycles. The number of hydrogen-bond donors (Lipinski definition) is 1. The number of carboxylic acid groups (broad SMARTS) is 1. The van der Waals surface area contributed by atoms with Gasteiger partial charge < -0.3 is 14.7 Å². The van der Waals surface area contributed by atoms with E-state index in [1.807, 2.05) is 44.2 Å². The zero-order valence-corrected chi connectivity index (χ0v) is 14.1. The molecule has 0 spiro atoms. The number of benzene rings is 2. The van der Waals surface area contributed by atoms with Crippen LogP contribution in [-0.2, 0) is 11.3 Å². The van der Waals surface area contributed by atoms with Crippen LogP contribution in [0.4, 0.5) is 0 Å². The molecular weight excluding hydrogens is 306 g/mol. The van der Waals surface area contributed by atoms with Crippen molar-refractivity contribution >= 4 is 11.9 Å². The van der Waals surface area contributed by atoms with Crippen LogP contribution >= 0.6 is 0 Å². The van der Waals surface area contributed by atoms with Crippen molar-refractivity contribution < 1.29 is 19.4 Å². The first kappa shape index (κ1) is 17.5. The Morgan fingerprint density at radius 1 is 1.08 bits per heavy atom. The Morgan fingerprint density at radius 2 is 1.67 bits per heavy atom. The summed E-state index contributed by atoms with van der Waals surface area (Å²) in [6.07, 6.45) is 0. The van der Waals surface area contributed by atoms with Crippen molar-refractivity contribution in [1.82, 2.24) is 4.90 Å². The van der Waals surface area contributed by atoms with E-state index in [1.54, 1.807) is 19.2 Å². The van der Waals surface area contributed by atoms with Gasteiger partial charge in [-0.05, 0) is 42.7 Å². The molecule has 2 aromatic carbocycles. The average molecular weight is 327 g/mol. The summed E-state index contributed by atoms with van der Waals surface area (Å²) in [4.78, 5) is 25.3. The van der Waals surface area contributed by atoms with Gasteiger partial charge in [0, 0.05) is 12.1 Å². The lowest BCUT2D eigenvalue weighted by Gasteiger charge is -2.22. The summed E-state index contributed by atoms with van der Waals surface area (Å²) in [6, 6.07) is 12.8. The summed E-state index contributed by atoms with van der Waals surface area (Å²) < 4.78 is 5.31. The molecule has 5 nitrogen and oxygen atoms in total. The van der Waals surface area contributed by atoms with Crippen molar-refractivity contribution in [2.24, 2.45) is 0 Å². The Morgan fingerprint density at radius 3 is 2.17 bits per heavy atom. The lowest BCUT2D eigenvalue weighted by molar-refractivity contribution is -0.137. The lowest BCUT2D eigenvalue weighted by Crippen LogP contribution is -2.35. The standard InChI is InChI=1S/C19H21NO4/c1-13-9-16(10-14(2)18(13)24-3)19(23)20(12-17(21)22)11-15-7-5-4-6-8-15/h4-10H,11-12H2,1-3H3,(H,21,22). The minimum absolute atomic E-state index is 0.246. The molecule has 2 aromatic rings. The van der Waals surface area contributed by atoms with Crippen LogP contribution in [0.2, 0.25) is 0 Å². The Kier molecular flexibility index (Phi) is 5.58. The molecule has 2 rings (SSSR count). The Bertz CT molecular complexity index is 717. The fourth-order valence-corrected chi connectivity index (χ4v) is 2.74. The molecule has 0 unspecified atom stereocenters. The molecular formula is C19H21NO4. The first-order valence-electron chi connectivity index (χ1n) is 7.62. The van der Waals surface area contributed by atoms with Gasteiger partial charge in [0.05, 0.1) is 7.11 Å². The van der Waals surface area contributed by atoms with Gasteiger partial charge >= 0.3 is 5.97 Å². The van der Waals surface area contributed by atoms with Crippen molar-refractivity contribution in [3.8, 4) is 5.75 Å². The highest BCUT2D eigenvalue weighted by molar-refractivity contribution is 5.96. The molecule has 24 heavy (non-hydrogen) atoms. The van der Waals surface area contributed by atoms with Crippen molar-refractivity contribution in [2.75, 3.05) is 13.7 Å². The zero-order chi connectivity index (χ0) is 17.7. The second kappa shape index (κ2) is 7.64. The molecule has 0 aliphatic rings. The zero-order valence-electron chi connectivity index (χ0n) is 14.1. The van der Waals surface area contributed by atoms with E-state index in [4.69, 9.17) is 9.84 Å². The minimum atomic E-state index is -1.04. The molecule has 0 aromatic heterocycles. The number of aryl methyl sites for hydroxylation is 2. The van der Waals surface area contributed by atoms with Gasteiger partial charge in [-0.15, -0.1) is 0 Å². The van der Waals surface area contributed by atoms with Crippen LogP contribution in [0.15, 0.2) is 42.5 Å². The molecule has 0 bridgehead atoms. The van der Waals surface area contributed by atoms with Crippen LogP contribution in [0.3, 0.4) is 0 Å². The van der Waals surface area contributed by atoms with Gasteiger partial charge in [0.15, 0.2) is 0 Å². The third-order valence-electron chi connectivity index (χ3n) is 3.74. The van der Waals surface area contributed by atoms with Crippen molar-refractivity contribution in [3.63, 3.8) is 0 Å². The molecule has 0 atom stereocenters. The van der Waals surface area contributed by atoms with Crippen molar-refractivity contribution in [3.05, 3.63) is 64.7 Å². The van der Waals surface area contributed by atoms with E-state index in [-0.39, 0.29) is 19.0 Å². The number of aliphatic carboxylic acids is 1. The van der Waals surface area contributed by atoms with Gasteiger partial charge in [0.1, 0.15) is 12.3 Å². The normalized spacial score (nSPS) is 10.3. The number of ether oxygens (including phenoxy) is 1. The minimum Gasteiger partial charge on any atom is -0.496 e. The molecule has 0 saturated heterocycles. The second-order valence-corrected chi connectivity index (χ2v) is 5.68. The predicted molar refractivity (Wildman–Crippen MR) is 91.3 cm³/mol. The number of carbonyl (C=O) groups excluding carboxylic acids is 1. The summed E-state index contributed by atoms with van der Waals surface area (Å²) in [5, 5.41) is 9.14. The van der Waals surface area contributed by atoms with Gasteiger partial charge in [-0.25, -0.2) is 0 Å². The van der Waals surface area contributed by atoms with E-state index >= 15 is 0 Å². The van der Waals surface area contributed by atoms with E-state index in [1.165, 1.54) is 4.90 Å². The summed E-state index contributed by atoms with van der Waals surface area (Å²) in [7, 11) is 1.59. The number of methoxy groups -OCH3 is 1. The number of rotatable bonds is 6. The lowest BCUT2D eigenvalue weighted by atomic mass is 10.0. The second-order valence-electron chi connectivity index (χ2n) is 5.68. The largest absolute Gasteiger partial charge is 0.496 e. The quantitative estimate of drug-likeness (QED) is 0.885. The molecule has 0 saturated carbocycles. The van der Waals surface area contributed by atoms with Gasteiger partial charge in [-0.2, -0.15) is 0 Å². The number of amides is 1. The van der Waals surface area contributed by atoms with Gasteiger partial charge in [0.2, 0.25) is 0 Å². The average Bonchev–Trinajstić information content (AvgIpc) is 2.53. The molecule has 0 aliphatic heterocycles. The molecule has 0 fully saturated rings. The first-order chi connectivity index (χ1) is 11.4. The highest BCUT2D eigenvalue weighted by Gasteiger charge is 2.20.